The minimum absolute atomic E-state index is 0.0387. The number of nitrogens with one attached hydrogen (secondary N) is 1. The number of halogens is 1. The van der Waals surface area contributed by atoms with Gasteiger partial charge in [0.05, 0.1) is 13.0 Å². The molecule has 30 heavy (non-hydrogen) atoms. The Hall–Kier alpha value is -3.44. The summed E-state index contributed by atoms with van der Waals surface area (Å²) in [6.45, 7) is 2.28. The number of ether oxygens (including phenoxy) is 3. The Morgan fingerprint density at radius 3 is 2.73 bits per heavy atom. The van der Waals surface area contributed by atoms with Crippen molar-refractivity contribution in [2.45, 2.75) is 19.4 Å². The molecular formula is C22H19BrN4O3. The SMILES string of the molecule is COc1cc(C2C(C#N)=C(N)Oc3n[nH]c(C)c32)c(Br)cc1OCc1ccccc1. The molecule has 0 saturated carbocycles. The van der Waals surface area contributed by atoms with E-state index in [0.29, 0.717) is 29.6 Å². The van der Waals surface area contributed by atoms with Gasteiger partial charge in [-0.05, 0) is 30.2 Å². The Labute approximate surface area is 182 Å². The minimum atomic E-state index is -0.455. The Bertz CT molecular complexity index is 1170. The van der Waals surface area contributed by atoms with Crippen molar-refractivity contribution in [2.75, 3.05) is 7.11 Å². The topological polar surface area (TPSA) is 106 Å². The van der Waals surface area contributed by atoms with Crippen LogP contribution < -0.4 is 19.9 Å². The fourth-order valence-corrected chi connectivity index (χ4v) is 4.04. The van der Waals surface area contributed by atoms with Crippen LogP contribution in [0.4, 0.5) is 0 Å². The molecule has 7 nitrogen and oxygen atoms in total. The lowest BCUT2D eigenvalue weighted by atomic mass is 9.84. The zero-order valence-electron chi connectivity index (χ0n) is 16.4. The normalized spacial score (nSPS) is 15.2. The second kappa shape index (κ2) is 8.13. The van der Waals surface area contributed by atoms with E-state index in [9.17, 15) is 5.26 Å². The molecule has 0 spiro atoms. The number of H-pyrrole nitrogens is 1. The second-order valence-electron chi connectivity index (χ2n) is 6.79. The third-order valence-electron chi connectivity index (χ3n) is 4.96. The van der Waals surface area contributed by atoms with Gasteiger partial charge in [-0.2, -0.15) is 5.26 Å². The number of benzene rings is 2. The number of nitrogens with zero attached hydrogens (tertiary/aromatic N) is 2. The molecule has 2 aromatic carbocycles. The highest BCUT2D eigenvalue weighted by molar-refractivity contribution is 9.10. The molecule has 0 amide bonds. The van der Waals surface area contributed by atoms with Crippen LogP contribution in [0, 0.1) is 18.3 Å². The highest BCUT2D eigenvalue weighted by Crippen LogP contribution is 2.47. The molecule has 1 aromatic heterocycles. The van der Waals surface area contributed by atoms with E-state index < -0.39 is 5.92 Å². The number of nitriles is 1. The van der Waals surface area contributed by atoms with Gasteiger partial charge in [0.2, 0.25) is 11.8 Å². The van der Waals surface area contributed by atoms with Crippen LogP contribution >= 0.6 is 15.9 Å². The third-order valence-corrected chi connectivity index (χ3v) is 5.65. The molecule has 0 saturated heterocycles. The molecule has 0 radical (unpaired) electrons. The summed E-state index contributed by atoms with van der Waals surface area (Å²) in [7, 11) is 1.58. The summed E-state index contributed by atoms with van der Waals surface area (Å²) >= 11 is 3.63. The van der Waals surface area contributed by atoms with Crippen molar-refractivity contribution >= 4 is 15.9 Å². The standard InChI is InChI=1S/C22H19BrN4O3/c1-12-19-20(15(10-24)21(25)30-22(19)27-26-12)14-8-17(28-2)18(9-16(14)23)29-11-13-6-4-3-5-7-13/h3-9,20H,11,25H2,1-2H3,(H,26,27). The largest absolute Gasteiger partial charge is 0.493 e. The summed E-state index contributed by atoms with van der Waals surface area (Å²) in [6.07, 6.45) is 0. The van der Waals surface area contributed by atoms with Crippen molar-refractivity contribution < 1.29 is 14.2 Å². The van der Waals surface area contributed by atoms with Gasteiger partial charge in [0.25, 0.3) is 0 Å². The van der Waals surface area contributed by atoms with E-state index in [1.807, 2.05) is 49.4 Å². The molecule has 0 aliphatic carbocycles. The van der Waals surface area contributed by atoms with Crippen molar-refractivity contribution in [3.63, 3.8) is 0 Å². The van der Waals surface area contributed by atoms with Crippen molar-refractivity contribution in [1.82, 2.24) is 10.2 Å². The molecule has 3 N–H and O–H groups in total. The molecule has 3 aromatic rings. The Morgan fingerprint density at radius 1 is 1.27 bits per heavy atom. The van der Waals surface area contributed by atoms with Gasteiger partial charge in [-0.1, -0.05) is 46.3 Å². The van der Waals surface area contributed by atoms with Gasteiger partial charge in [0.15, 0.2) is 11.5 Å². The van der Waals surface area contributed by atoms with Crippen LogP contribution in [-0.2, 0) is 6.61 Å². The molecule has 1 aliphatic heterocycles. The predicted octanol–water partition coefficient (Wildman–Crippen LogP) is 4.29. The number of hydrogen-bond acceptors (Lipinski definition) is 6. The van der Waals surface area contributed by atoms with Crippen molar-refractivity contribution in [3.05, 3.63) is 80.8 Å². The third kappa shape index (κ3) is 3.48. The molecular weight excluding hydrogens is 448 g/mol. The lowest BCUT2D eigenvalue weighted by Crippen LogP contribution is -2.21. The summed E-state index contributed by atoms with van der Waals surface area (Å²) < 4.78 is 17.9. The molecule has 1 atom stereocenters. The minimum Gasteiger partial charge on any atom is -0.493 e. The van der Waals surface area contributed by atoms with Gasteiger partial charge < -0.3 is 19.9 Å². The maximum absolute atomic E-state index is 9.76. The van der Waals surface area contributed by atoms with Gasteiger partial charge in [-0.3, -0.25) is 5.10 Å². The smallest absolute Gasteiger partial charge is 0.244 e. The lowest BCUT2D eigenvalue weighted by molar-refractivity contribution is 0.284. The van der Waals surface area contributed by atoms with E-state index in [-0.39, 0.29) is 5.88 Å². The number of aromatic amines is 1. The second-order valence-corrected chi connectivity index (χ2v) is 7.65. The summed E-state index contributed by atoms with van der Waals surface area (Å²) in [4.78, 5) is 0. The Kier molecular flexibility index (Phi) is 5.38. The van der Waals surface area contributed by atoms with E-state index >= 15 is 0 Å². The highest BCUT2D eigenvalue weighted by atomic mass is 79.9. The molecule has 1 aliphatic rings. The number of aromatic nitrogens is 2. The number of hydrogen-bond donors (Lipinski definition) is 2. The van der Waals surface area contributed by atoms with Gasteiger partial charge in [0, 0.05) is 15.7 Å². The predicted molar refractivity (Wildman–Crippen MR) is 114 cm³/mol. The zero-order valence-corrected chi connectivity index (χ0v) is 18.0. The van der Waals surface area contributed by atoms with Crippen molar-refractivity contribution in [2.24, 2.45) is 5.73 Å². The van der Waals surface area contributed by atoms with E-state index in [2.05, 4.69) is 32.2 Å². The summed E-state index contributed by atoms with van der Waals surface area (Å²) in [5, 5.41) is 16.8. The fourth-order valence-electron chi connectivity index (χ4n) is 3.49. The number of rotatable bonds is 5. The Morgan fingerprint density at radius 2 is 2.03 bits per heavy atom. The Balaban J connectivity index is 1.76. The molecule has 152 valence electrons. The van der Waals surface area contributed by atoms with Gasteiger partial charge in [-0.25, -0.2) is 0 Å². The van der Waals surface area contributed by atoms with Crippen LogP contribution in [0.3, 0.4) is 0 Å². The molecule has 2 heterocycles. The van der Waals surface area contributed by atoms with Crippen molar-refractivity contribution in [3.8, 4) is 23.4 Å². The van der Waals surface area contributed by atoms with Crippen LogP contribution in [0.2, 0.25) is 0 Å². The fraction of sp³-hybridized carbons (Fsp3) is 0.182. The van der Waals surface area contributed by atoms with Crippen molar-refractivity contribution in [1.29, 1.82) is 5.26 Å². The first-order valence-electron chi connectivity index (χ1n) is 9.20. The lowest BCUT2D eigenvalue weighted by Gasteiger charge is -2.25. The highest BCUT2D eigenvalue weighted by Gasteiger charge is 2.35. The molecule has 8 heteroatoms. The summed E-state index contributed by atoms with van der Waals surface area (Å²) in [5.41, 5.74) is 9.73. The van der Waals surface area contributed by atoms with Crippen LogP contribution in [0.25, 0.3) is 0 Å². The molecule has 0 bridgehead atoms. The summed E-state index contributed by atoms with van der Waals surface area (Å²) in [5.74, 6) is 1.09. The van der Waals surface area contributed by atoms with Crippen LogP contribution in [0.15, 0.2) is 58.4 Å². The number of allylic oxidation sites excluding steroid dienone is 1. The maximum atomic E-state index is 9.76. The monoisotopic (exact) mass is 466 g/mol. The van der Waals surface area contributed by atoms with Crippen LogP contribution in [-0.4, -0.2) is 17.3 Å². The molecule has 4 rings (SSSR count). The first kappa shape index (κ1) is 19.9. The van der Waals surface area contributed by atoms with E-state index in [1.165, 1.54) is 0 Å². The quantitative estimate of drug-likeness (QED) is 0.580. The first-order chi connectivity index (χ1) is 14.5. The average molecular weight is 467 g/mol. The maximum Gasteiger partial charge on any atom is 0.244 e. The van der Waals surface area contributed by atoms with E-state index in [4.69, 9.17) is 19.9 Å². The molecule has 0 fully saturated rings. The number of aryl methyl sites for hydroxylation is 1. The van der Waals surface area contributed by atoms with E-state index in [1.54, 1.807) is 7.11 Å². The zero-order chi connectivity index (χ0) is 21.3. The number of nitrogens with two attached hydrogens (primary N) is 1. The van der Waals surface area contributed by atoms with Crippen LogP contribution in [0.1, 0.15) is 28.3 Å². The van der Waals surface area contributed by atoms with Gasteiger partial charge in [-0.15, -0.1) is 5.10 Å². The molecule has 1 unspecified atom stereocenters. The van der Waals surface area contributed by atoms with Gasteiger partial charge >= 0.3 is 0 Å². The summed E-state index contributed by atoms with van der Waals surface area (Å²) in [6, 6.07) is 15.7. The number of fused-ring (bicyclic) bond motifs is 1. The van der Waals surface area contributed by atoms with Crippen LogP contribution in [0.5, 0.6) is 17.4 Å². The average Bonchev–Trinajstić information content (AvgIpc) is 3.12. The first-order valence-corrected chi connectivity index (χ1v) is 9.99. The van der Waals surface area contributed by atoms with Gasteiger partial charge in [0.1, 0.15) is 18.2 Å². The number of methoxy groups -OCH3 is 1. The van der Waals surface area contributed by atoms with E-state index in [0.717, 1.165) is 26.9 Å².